The summed E-state index contributed by atoms with van der Waals surface area (Å²) in [5, 5.41) is 13.1. The lowest BCUT2D eigenvalue weighted by Gasteiger charge is -2.24. The average molecular weight is 399 g/mol. The molecule has 1 aromatic heterocycles. The summed E-state index contributed by atoms with van der Waals surface area (Å²) in [6.07, 6.45) is 2.26. The van der Waals surface area contributed by atoms with Crippen molar-refractivity contribution in [2.45, 2.75) is 32.0 Å². The molecule has 7 heteroatoms. The highest BCUT2D eigenvalue weighted by molar-refractivity contribution is 7.80. The summed E-state index contributed by atoms with van der Waals surface area (Å²) in [6.45, 7) is 1.20. The highest BCUT2D eigenvalue weighted by Crippen LogP contribution is 2.29. The van der Waals surface area contributed by atoms with Gasteiger partial charge in [-0.25, -0.2) is 0 Å². The number of rotatable bonds is 6. The van der Waals surface area contributed by atoms with Crippen LogP contribution in [0.3, 0.4) is 0 Å². The third-order valence-electron chi connectivity index (χ3n) is 4.40. The van der Waals surface area contributed by atoms with Crippen LogP contribution in [0.4, 0.5) is 0 Å². The molecule has 1 saturated carbocycles. The molecule has 1 aliphatic carbocycles. The Morgan fingerprint density at radius 3 is 2.56 bits per heavy atom. The fraction of sp³-hybridized carbons (Fsp3) is 0.250. The number of nitrogens with zero attached hydrogens (tertiary/aromatic N) is 3. The van der Waals surface area contributed by atoms with Gasteiger partial charge in [-0.15, -0.1) is 10.2 Å². The van der Waals surface area contributed by atoms with E-state index < -0.39 is 0 Å². The van der Waals surface area contributed by atoms with Crippen LogP contribution in [0, 0.1) is 0 Å². The van der Waals surface area contributed by atoms with Crippen molar-refractivity contribution >= 4 is 28.9 Å². The van der Waals surface area contributed by atoms with E-state index in [1.807, 2.05) is 30.3 Å². The van der Waals surface area contributed by atoms with Gasteiger partial charge in [-0.1, -0.05) is 41.9 Å². The van der Waals surface area contributed by atoms with Crippen LogP contribution in [0.5, 0.6) is 0 Å². The molecule has 27 heavy (non-hydrogen) atoms. The predicted octanol–water partition coefficient (Wildman–Crippen LogP) is 4.43. The van der Waals surface area contributed by atoms with E-state index in [1.165, 1.54) is 5.56 Å². The van der Waals surface area contributed by atoms with Crippen LogP contribution >= 0.6 is 23.8 Å². The number of hydrogen-bond donors (Lipinski definition) is 1. The summed E-state index contributed by atoms with van der Waals surface area (Å²) in [5.74, 6) is 1.04. The number of aromatic nitrogens is 2. The lowest BCUT2D eigenvalue weighted by molar-refractivity contribution is 0.343. The Morgan fingerprint density at radius 1 is 1.11 bits per heavy atom. The zero-order chi connectivity index (χ0) is 18.6. The molecule has 1 aliphatic rings. The van der Waals surface area contributed by atoms with E-state index in [0.29, 0.717) is 41.0 Å². The molecule has 1 N–H and O–H groups in total. The molecule has 2 aromatic carbocycles. The third-order valence-corrected chi connectivity index (χ3v) is 5.03. The second kappa shape index (κ2) is 8.06. The van der Waals surface area contributed by atoms with Crippen molar-refractivity contribution < 1.29 is 4.42 Å². The standard InChI is InChI=1S/C20H19ClN4OS/c21-16-8-6-15(7-9-16)19-24-23-18(26-19)13-25(17-10-11-17)20(27)22-12-14-4-2-1-3-5-14/h1-9,17H,10-13H2,(H,22,27). The highest BCUT2D eigenvalue weighted by Gasteiger charge is 2.32. The molecule has 5 nitrogen and oxygen atoms in total. The van der Waals surface area contributed by atoms with Gasteiger partial charge in [0.05, 0.1) is 6.54 Å². The van der Waals surface area contributed by atoms with Crippen LogP contribution < -0.4 is 5.32 Å². The molecule has 0 atom stereocenters. The Labute approximate surface area is 168 Å². The fourth-order valence-electron chi connectivity index (χ4n) is 2.80. The van der Waals surface area contributed by atoms with E-state index in [2.05, 4.69) is 32.5 Å². The van der Waals surface area contributed by atoms with Crippen molar-refractivity contribution in [2.24, 2.45) is 0 Å². The minimum Gasteiger partial charge on any atom is -0.419 e. The van der Waals surface area contributed by atoms with E-state index in [1.54, 1.807) is 12.1 Å². The maximum atomic E-state index is 5.93. The number of halogens is 1. The van der Waals surface area contributed by atoms with E-state index >= 15 is 0 Å². The largest absolute Gasteiger partial charge is 0.419 e. The van der Waals surface area contributed by atoms with Crippen molar-refractivity contribution in [1.29, 1.82) is 0 Å². The maximum Gasteiger partial charge on any atom is 0.247 e. The predicted molar refractivity (Wildman–Crippen MR) is 109 cm³/mol. The Morgan fingerprint density at radius 2 is 1.85 bits per heavy atom. The van der Waals surface area contributed by atoms with Crippen LogP contribution in [-0.4, -0.2) is 26.3 Å². The molecular formula is C20H19ClN4OS. The first kappa shape index (κ1) is 17.9. The van der Waals surface area contributed by atoms with Crippen LogP contribution in [0.15, 0.2) is 59.0 Å². The normalized spacial score (nSPS) is 13.4. The molecule has 0 aliphatic heterocycles. The fourth-order valence-corrected chi connectivity index (χ4v) is 3.21. The van der Waals surface area contributed by atoms with Gasteiger partial charge in [-0.3, -0.25) is 0 Å². The quantitative estimate of drug-likeness (QED) is 0.620. The number of hydrogen-bond acceptors (Lipinski definition) is 4. The molecule has 1 fully saturated rings. The Bertz CT molecular complexity index is 909. The summed E-state index contributed by atoms with van der Waals surface area (Å²) in [6, 6.07) is 18.0. The van der Waals surface area contributed by atoms with Crippen LogP contribution in [-0.2, 0) is 13.1 Å². The van der Waals surface area contributed by atoms with Crippen molar-refractivity contribution in [1.82, 2.24) is 20.4 Å². The van der Waals surface area contributed by atoms with Crippen molar-refractivity contribution in [3.05, 3.63) is 71.1 Å². The van der Waals surface area contributed by atoms with E-state index in [4.69, 9.17) is 28.2 Å². The highest BCUT2D eigenvalue weighted by atomic mass is 35.5. The molecule has 0 spiro atoms. The van der Waals surface area contributed by atoms with Gasteiger partial charge >= 0.3 is 0 Å². The van der Waals surface area contributed by atoms with Crippen LogP contribution in [0.25, 0.3) is 11.5 Å². The lowest BCUT2D eigenvalue weighted by atomic mass is 10.2. The molecule has 0 amide bonds. The first-order valence-electron chi connectivity index (χ1n) is 8.86. The molecule has 1 heterocycles. The van der Waals surface area contributed by atoms with Gasteiger partial charge in [0.25, 0.3) is 0 Å². The lowest BCUT2D eigenvalue weighted by Crippen LogP contribution is -2.40. The molecule has 0 saturated heterocycles. The number of benzene rings is 2. The zero-order valence-corrected chi connectivity index (χ0v) is 16.2. The zero-order valence-electron chi connectivity index (χ0n) is 14.6. The molecule has 4 rings (SSSR count). The third kappa shape index (κ3) is 4.64. The maximum absolute atomic E-state index is 5.93. The summed E-state index contributed by atoms with van der Waals surface area (Å²) >= 11 is 11.5. The molecule has 0 unspecified atom stereocenters. The van der Waals surface area contributed by atoms with Gasteiger partial charge in [0, 0.05) is 23.2 Å². The average Bonchev–Trinajstić information content (AvgIpc) is 3.43. The Kier molecular flexibility index (Phi) is 5.36. The number of nitrogens with one attached hydrogen (secondary N) is 1. The minimum atomic E-state index is 0.437. The van der Waals surface area contributed by atoms with E-state index in [0.717, 1.165) is 18.4 Å². The van der Waals surface area contributed by atoms with Crippen molar-refractivity contribution in [3.8, 4) is 11.5 Å². The molecule has 3 aromatic rings. The summed E-state index contributed by atoms with van der Waals surface area (Å²) < 4.78 is 5.84. The van der Waals surface area contributed by atoms with Gasteiger partial charge in [-0.05, 0) is 54.9 Å². The Balaban J connectivity index is 1.41. The Hall–Kier alpha value is -2.44. The second-order valence-corrected chi connectivity index (χ2v) is 7.33. The summed E-state index contributed by atoms with van der Waals surface area (Å²) in [4.78, 5) is 2.14. The van der Waals surface area contributed by atoms with Gasteiger partial charge in [0.1, 0.15) is 0 Å². The molecule has 0 radical (unpaired) electrons. The first-order valence-corrected chi connectivity index (χ1v) is 9.64. The topological polar surface area (TPSA) is 54.2 Å². The van der Waals surface area contributed by atoms with Gasteiger partial charge in [-0.2, -0.15) is 0 Å². The number of thiocarbonyl (C=S) groups is 1. The second-order valence-electron chi connectivity index (χ2n) is 6.51. The van der Waals surface area contributed by atoms with Crippen molar-refractivity contribution in [2.75, 3.05) is 0 Å². The molecule has 0 bridgehead atoms. The summed E-state index contributed by atoms with van der Waals surface area (Å²) in [5.41, 5.74) is 2.04. The first-order chi connectivity index (χ1) is 13.2. The van der Waals surface area contributed by atoms with E-state index in [-0.39, 0.29) is 0 Å². The SMILES string of the molecule is S=C(NCc1ccccc1)N(Cc1nnc(-c2ccc(Cl)cc2)o1)C1CC1. The smallest absolute Gasteiger partial charge is 0.247 e. The van der Waals surface area contributed by atoms with E-state index in [9.17, 15) is 0 Å². The van der Waals surface area contributed by atoms with Crippen molar-refractivity contribution in [3.63, 3.8) is 0 Å². The molecular weight excluding hydrogens is 380 g/mol. The summed E-state index contributed by atoms with van der Waals surface area (Å²) in [7, 11) is 0. The van der Waals surface area contributed by atoms with Gasteiger partial charge in [0.15, 0.2) is 5.11 Å². The van der Waals surface area contributed by atoms with Gasteiger partial charge < -0.3 is 14.6 Å². The monoisotopic (exact) mass is 398 g/mol. The van der Waals surface area contributed by atoms with Gasteiger partial charge in [0.2, 0.25) is 11.8 Å². The minimum absolute atomic E-state index is 0.437. The van der Waals surface area contributed by atoms with Crippen LogP contribution in [0.2, 0.25) is 5.02 Å². The molecule has 138 valence electrons. The van der Waals surface area contributed by atoms with Crippen LogP contribution in [0.1, 0.15) is 24.3 Å².